The molecule has 3 aromatic rings. The van der Waals surface area contributed by atoms with Crippen molar-refractivity contribution in [2.45, 2.75) is 45.6 Å². The van der Waals surface area contributed by atoms with Crippen LogP contribution >= 0.6 is 0 Å². The number of carbonyl (C=O) groups is 2. The average molecular weight is 517 g/mol. The zero-order valence-corrected chi connectivity index (χ0v) is 22.6. The largest absolute Gasteiger partial charge is 0.505 e. The van der Waals surface area contributed by atoms with Crippen LogP contribution in [0.15, 0.2) is 54.2 Å². The second-order valence-corrected chi connectivity index (χ2v) is 11.1. The Kier molecular flexibility index (Phi) is 7.11. The molecule has 1 amide bonds. The Morgan fingerprint density at radius 1 is 1.05 bits per heavy atom. The number of pyridine rings is 1. The van der Waals surface area contributed by atoms with Crippen molar-refractivity contribution in [1.29, 1.82) is 0 Å². The van der Waals surface area contributed by atoms with Crippen LogP contribution in [-0.4, -0.2) is 75.4 Å². The standard InChI is InChI=1S/C30H36N4O4/c1-20-25(33-14-6-5-8-23(33)31-20)27(35)24-26(21-9-11-22(12-10-21)30(2,3)4)34(29(37)28(24)36)15-7-13-32-16-18-38-19-17-32/h5-6,8-12,14,26,35H,7,13,15-19H2,1-4H3/t26-/m1/s1. The summed E-state index contributed by atoms with van der Waals surface area (Å²) in [4.78, 5) is 35.4. The van der Waals surface area contributed by atoms with Gasteiger partial charge in [-0.15, -0.1) is 0 Å². The molecule has 0 spiro atoms. The van der Waals surface area contributed by atoms with Crippen LogP contribution in [0.3, 0.4) is 0 Å². The number of rotatable bonds is 6. The molecule has 38 heavy (non-hydrogen) atoms. The predicted molar refractivity (Wildman–Crippen MR) is 146 cm³/mol. The zero-order valence-electron chi connectivity index (χ0n) is 22.6. The first-order valence-corrected chi connectivity index (χ1v) is 13.3. The molecule has 8 heteroatoms. The first-order chi connectivity index (χ1) is 18.2. The summed E-state index contributed by atoms with van der Waals surface area (Å²) in [6.07, 6.45) is 2.52. The number of ketones is 1. The number of ether oxygens (including phenoxy) is 1. The van der Waals surface area contributed by atoms with Crippen molar-refractivity contribution in [1.82, 2.24) is 19.2 Å². The summed E-state index contributed by atoms with van der Waals surface area (Å²) in [6.45, 7) is 12.6. The molecule has 200 valence electrons. The molecule has 5 rings (SSSR count). The van der Waals surface area contributed by atoms with Gasteiger partial charge in [-0.05, 0) is 42.0 Å². The summed E-state index contributed by atoms with van der Waals surface area (Å²) < 4.78 is 7.20. The van der Waals surface area contributed by atoms with Crippen LogP contribution in [0, 0.1) is 6.92 Å². The van der Waals surface area contributed by atoms with Gasteiger partial charge in [0, 0.05) is 32.4 Å². The van der Waals surface area contributed by atoms with E-state index in [-0.39, 0.29) is 16.7 Å². The quantitative estimate of drug-likeness (QED) is 0.302. The Morgan fingerprint density at radius 2 is 1.76 bits per heavy atom. The first-order valence-electron chi connectivity index (χ1n) is 13.3. The molecule has 2 aliphatic heterocycles. The lowest BCUT2D eigenvalue weighted by molar-refractivity contribution is -0.140. The number of imidazole rings is 1. The molecule has 0 unspecified atom stereocenters. The van der Waals surface area contributed by atoms with E-state index in [1.165, 1.54) is 0 Å². The van der Waals surface area contributed by atoms with Gasteiger partial charge in [0.2, 0.25) is 0 Å². The minimum absolute atomic E-state index is 0.0356. The van der Waals surface area contributed by atoms with Gasteiger partial charge in [-0.2, -0.15) is 0 Å². The molecule has 4 heterocycles. The van der Waals surface area contributed by atoms with Crippen molar-refractivity contribution in [3.05, 3.63) is 76.7 Å². The molecular formula is C30H36N4O4. The lowest BCUT2D eigenvalue weighted by Gasteiger charge is -2.29. The van der Waals surface area contributed by atoms with E-state index in [2.05, 4.69) is 30.7 Å². The Hall–Kier alpha value is -3.49. The summed E-state index contributed by atoms with van der Waals surface area (Å²) >= 11 is 0. The van der Waals surface area contributed by atoms with Gasteiger partial charge in [0.05, 0.1) is 30.5 Å². The number of hydrogen-bond donors (Lipinski definition) is 1. The van der Waals surface area contributed by atoms with E-state index in [1.54, 1.807) is 22.4 Å². The van der Waals surface area contributed by atoms with Gasteiger partial charge in [0.1, 0.15) is 11.3 Å². The third kappa shape index (κ3) is 4.86. The van der Waals surface area contributed by atoms with Crippen LogP contribution in [0.2, 0.25) is 0 Å². The third-order valence-electron chi connectivity index (χ3n) is 7.54. The second kappa shape index (κ2) is 10.3. The number of carbonyl (C=O) groups excluding carboxylic acids is 2. The van der Waals surface area contributed by atoms with Gasteiger partial charge in [-0.1, -0.05) is 51.1 Å². The number of Topliss-reactive ketones (excluding diaryl/α,β-unsaturated/α-hetero) is 1. The normalized spacial score (nSPS) is 20.5. The number of amides is 1. The summed E-state index contributed by atoms with van der Waals surface area (Å²) in [5, 5.41) is 11.6. The van der Waals surface area contributed by atoms with Gasteiger partial charge in [-0.3, -0.25) is 18.9 Å². The maximum atomic E-state index is 13.5. The van der Waals surface area contributed by atoms with Crippen LogP contribution in [0.25, 0.3) is 11.4 Å². The minimum Gasteiger partial charge on any atom is -0.505 e. The summed E-state index contributed by atoms with van der Waals surface area (Å²) in [5.41, 5.74) is 3.72. The molecule has 8 nitrogen and oxygen atoms in total. The van der Waals surface area contributed by atoms with Crippen LogP contribution in [0.1, 0.15) is 55.7 Å². The molecule has 0 bridgehead atoms. The van der Waals surface area contributed by atoms with Crippen LogP contribution < -0.4 is 0 Å². The SMILES string of the molecule is Cc1nc2ccccn2c1C(O)=C1C(=O)C(=O)N(CCCN2CCOCC2)[C@@H]1c1ccc(C(C)(C)C)cc1. The molecule has 1 N–H and O–H groups in total. The van der Waals surface area contributed by atoms with Crippen molar-refractivity contribution in [2.24, 2.45) is 0 Å². The number of morpholine rings is 1. The van der Waals surface area contributed by atoms with E-state index in [0.717, 1.165) is 37.2 Å². The Morgan fingerprint density at radius 3 is 2.45 bits per heavy atom. The number of likely N-dealkylation sites (tertiary alicyclic amines) is 1. The minimum atomic E-state index is -0.678. The highest BCUT2D eigenvalue weighted by molar-refractivity contribution is 6.46. The van der Waals surface area contributed by atoms with Crippen molar-refractivity contribution in [3.63, 3.8) is 0 Å². The van der Waals surface area contributed by atoms with Gasteiger partial charge in [-0.25, -0.2) is 4.98 Å². The highest BCUT2D eigenvalue weighted by atomic mass is 16.5. The third-order valence-corrected chi connectivity index (χ3v) is 7.54. The van der Waals surface area contributed by atoms with Crippen molar-refractivity contribution in [2.75, 3.05) is 39.4 Å². The number of nitrogens with zero attached hydrogens (tertiary/aromatic N) is 4. The molecule has 2 fully saturated rings. The highest BCUT2D eigenvalue weighted by Gasteiger charge is 2.46. The zero-order chi connectivity index (χ0) is 27.0. The molecule has 1 aromatic carbocycles. The van der Waals surface area contributed by atoms with E-state index in [0.29, 0.717) is 36.8 Å². The molecule has 2 aliphatic rings. The summed E-state index contributed by atoms with van der Waals surface area (Å²) in [6, 6.07) is 12.9. The fraction of sp³-hybridized carbons (Fsp3) is 0.433. The molecule has 0 radical (unpaired) electrons. The van der Waals surface area contributed by atoms with Gasteiger partial charge in [0.25, 0.3) is 11.7 Å². The molecule has 2 saturated heterocycles. The fourth-order valence-electron chi connectivity index (χ4n) is 5.44. The molecular weight excluding hydrogens is 480 g/mol. The highest BCUT2D eigenvalue weighted by Crippen LogP contribution is 2.40. The number of fused-ring (bicyclic) bond motifs is 1. The van der Waals surface area contributed by atoms with Gasteiger partial charge < -0.3 is 14.7 Å². The van der Waals surface area contributed by atoms with E-state index < -0.39 is 17.7 Å². The van der Waals surface area contributed by atoms with E-state index in [9.17, 15) is 14.7 Å². The van der Waals surface area contributed by atoms with E-state index in [4.69, 9.17) is 4.74 Å². The van der Waals surface area contributed by atoms with Crippen LogP contribution in [-0.2, 0) is 19.7 Å². The first kappa shape index (κ1) is 26.1. The predicted octanol–water partition coefficient (Wildman–Crippen LogP) is 4.08. The average Bonchev–Trinajstić information content (AvgIpc) is 3.37. The smallest absolute Gasteiger partial charge is 0.295 e. The summed E-state index contributed by atoms with van der Waals surface area (Å²) in [5.74, 6) is -1.44. The number of aromatic nitrogens is 2. The Bertz CT molecular complexity index is 1380. The second-order valence-electron chi connectivity index (χ2n) is 11.1. The molecule has 2 aromatic heterocycles. The van der Waals surface area contributed by atoms with Crippen LogP contribution in [0.5, 0.6) is 0 Å². The van der Waals surface area contributed by atoms with Crippen molar-refractivity contribution >= 4 is 23.1 Å². The topological polar surface area (TPSA) is 87.4 Å². The lowest BCUT2D eigenvalue weighted by Crippen LogP contribution is -2.39. The van der Waals surface area contributed by atoms with E-state index in [1.807, 2.05) is 42.5 Å². The number of aryl methyl sites for hydroxylation is 1. The van der Waals surface area contributed by atoms with Gasteiger partial charge in [0.15, 0.2) is 5.76 Å². The maximum Gasteiger partial charge on any atom is 0.295 e. The summed E-state index contributed by atoms with van der Waals surface area (Å²) in [7, 11) is 0. The fourth-order valence-corrected chi connectivity index (χ4v) is 5.44. The van der Waals surface area contributed by atoms with Crippen molar-refractivity contribution < 1.29 is 19.4 Å². The monoisotopic (exact) mass is 516 g/mol. The number of hydrogen-bond acceptors (Lipinski definition) is 6. The number of aliphatic hydroxyl groups excluding tert-OH is 1. The Balaban J connectivity index is 1.56. The molecule has 0 saturated carbocycles. The van der Waals surface area contributed by atoms with Crippen LogP contribution in [0.4, 0.5) is 0 Å². The number of aliphatic hydroxyl groups is 1. The van der Waals surface area contributed by atoms with Crippen molar-refractivity contribution in [3.8, 4) is 0 Å². The molecule has 0 aliphatic carbocycles. The molecule has 1 atom stereocenters. The van der Waals surface area contributed by atoms with Gasteiger partial charge >= 0.3 is 0 Å². The lowest BCUT2D eigenvalue weighted by atomic mass is 9.85. The maximum absolute atomic E-state index is 13.5. The Labute approximate surface area is 223 Å². The van der Waals surface area contributed by atoms with E-state index >= 15 is 0 Å². The number of benzene rings is 1.